The Bertz CT molecular complexity index is 741. The van der Waals surface area contributed by atoms with Crippen LogP contribution in [-0.4, -0.2) is 49.2 Å². The van der Waals surface area contributed by atoms with Crippen molar-refractivity contribution in [3.05, 3.63) is 29.2 Å². The van der Waals surface area contributed by atoms with E-state index in [9.17, 15) is 9.90 Å². The lowest BCUT2D eigenvalue weighted by Crippen LogP contribution is -2.64. The van der Waals surface area contributed by atoms with Crippen LogP contribution in [0.5, 0.6) is 0 Å². The lowest BCUT2D eigenvalue weighted by Gasteiger charge is -2.46. The van der Waals surface area contributed by atoms with Gasteiger partial charge in [0.05, 0.1) is 19.3 Å². The van der Waals surface area contributed by atoms with E-state index in [1.807, 2.05) is 19.9 Å². The summed E-state index contributed by atoms with van der Waals surface area (Å²) in [4.78, 5) is 18.7. The van der Waals surface area contributed by atoms with Crippen molar-refractivity contribution in [1.82, 2.24) is 19.5 Å². The number of likely N-dealkylation sites (tertiary alicyclic amines) is 1. The van der Waals surface area contributed by atoms with Crippen molar-refractivity contribution >= 4 is 11.6 Å². The predicted molar refractivity (Wildman–Crippen MR) is 76.0 cm³/mol. The van der Waals surface area contributed by atoms with E-state index in [-0.39, 0.29) is 5.91 Å². The monoisotopic (exact) mass is 286 g/mol. The summed E-state index contributed by atoms with van der Waals surface area (Å²) in [7, 11) is 0. The lowest BCUT2D eigenvalue weighted by molar-refractivity contribution is -0.0957. The van der Waals surface area contributed by atoms with Gasteiger partial charge in [-0.15, -0.1) is 0 Å². The van der Waals surface area contributed by atoms with Crippen LogP contribution >= 0.6 is 0 Å². The highest BCUT2D eigenvalue weighted by atomic mass is 16.3. The summed E-state index contributed by atoms with van der Waals surface area (Å²) >= 11 is 0. The molecule has 2 aromatic rings. The topological polar surface area (TPSA) is 70.7 Å². The second-order valence-electron chi connectivity index (χ2n) is 6.37. The average Bonchev–Trinajstić information content (AvgIpc) is 3.15. The number of fused-ring (bicyclic) bond motifs is 1. The molecule has 21 heavy (non-hydrogen) atoms. The third-order valence-corrected chi connectivity index (χ3v) is 4.56. The summed E-state index contributed by atoms with van der Waals surface area (Å²) in [6, 6.07) is 1.93. The zero-order chi connectivity index (χ0) is 14.8. The maximum Gasteiger partial charge on any atom is 0.259 e. The third-order valence-electron chi connectivity index (χ3n) is 4.56. The predicted octanol–water partition coefficient (Wildman–Crippen LogP) is 0.943. The SMILES string of the molecule is Cc1cc(C)n2ncc(C(=O)N3CC(O)(C4CC4)C3)c2n1. The van der Waals surface area contributed by atoms with E-state index in [2.05, 4.69) is 10.1 Å². The molecule has 0 unspecified atom stereocenters. The number of carbonyl (C=O) groups is 1. The van der Waals surface area contributed by atoms with Crippen LogP contribution in [0.2, 0.25) is 0 Å². The van der Waals surface area contributed by atoms with Crippen LogP contribution in [0.3, 0.4) is 0 Å². The van der Waals surface area contributed by atoms with E-state index in [1.165, 1.54) is 0 Å². The Balaban J connectivity index is 1.63. The van der Waals surface area contributed by atoms with Gasteiger partial charge in [0.2, 0.25) is 0 Å². The highest BCUT2D eigenvalue weighted by Gasteiger charge is 2.53. The molecule has 6 nitrogen and oxygen atoms in total. The number of aryl methyl sites for hydroxylation is 2. The summed E-state index contributed by atoms with van der Waals surface area (Å²) in [5, 5.41) is 14.6. The van der Waals surface area contributed by atoms with Gasteiger partial charge in [0.1, 0.15) is 11.2 Å². The number of hydrogen-bond acceptors (Lipinski definition) is 4. The van der Waals surface area contributed by atoms with Gasteiger partial charge >= 0.3 is 0 Å². The molecule has 3 heterocycles. The number of carbonyl (C=O) groups excluding carboxylic acids is 1. The zero-order valence-corrected chi connectivity index (χ0v) is 12.2. The largest absolute Gasteiger partial charge is 0.386 e. The van der Waals surface area contributed by atoms with Crippen molar-refractivity contribution in [2.45, 2.75) is 32.3 Å². The highest BCUT2D eigenvalue weighted by Crippen LogP contribution is 2.44. The van der Waals surface area contributed by atoms with Gasteiger partial charge in [-0.2, -0.15) is 5.10 Å². The molecule has 1 N–H and O–H groups in total. The van der Waals surface area contributed by atoms with Crippen LogP contribution in [0, 0.1) is 19.8 Å². The molecular formula is C15H18N4O2. The molecule has 0 spiro atoms. The number of rotatable bonds is 2. The van der Waals surface area contributed by atoms with Crippen LogP contribution in [0.15, 0.2) is 12.3 Å². The fraction of sp³-hybridized carbons (Fsp3) is 0.533. The van der Waals surface area contributed by atoms with E-state index in [0.717, 1.165) is 24.2 Å². The van der Waals surface area contributed by atoms with E-state index in [4.69, 9.17) is 0 Å². The molecule has 1 saturated carbocycles. The first-order chi connectivity index (χ1) is 9.98. The molecule has 0 bridgehead atoms. The van der Waals surface area contributed by atoms with Crippen LogP contribution in [-0.2, 0) is 0 Å². The Labute approximate surface area is 122 Å². The maximum absolute atomic E-state index is 12.6. The van der Waals surface area contributed by atoms with Gasteiger partial charge in [-0.3, -0.25) is 4.79 Å². The molecule has 2 aliphatic rings. The molecule has 1 aliphatic carbocycles. The average molecular weight is 286 g/mol. The number of β-amino-alcohol motifs (C(OH)–C–C–N with tert-alkyl or cyclic N) is 1. The molecular weight excluding hydrogens is 268 g/mol. The normalized spacial score (nSPS) is 20.6. The summed E-state index contributed by atoms with van der Waals surface area (Å²) < 4.78 is 1.69. The van der Waals surface area contributed by atoms with E-state index in [0.29, 0.717) is 30.2 Å². The third kappa shape index (κ3) is 1.86. The fourth-order valence-electron chi connectivity index (χ4n) is 3.23. The van der Waals surface area contributed by atoms with Gasteiger partial charge in [-0.05, 0) is 38.7 Å². The number of aliphatic hydroxyl groups is 1. The maximum atomic E-state index is 12.6. The number of nitrogens with zero attached hydrogens (tertiary/aromatic N) is 4. The minimum atomic E-state index is -0.655. The van der Waals surface area contributed by atoms with Gasteiger partial charge in [-0.1, -0.05) is 0 Å². The van der Waals surface area contributed by atoms with Crippen LogP contribution in [0.1, 0.15) is 34.6 Å². The van der Waals surface area contributed by atoms with Crippen molar-refractivity contribution in [2.24, 2.45) is 5.92 Å². The van der Waals surface area contributed by atoms with Crippen LogP contribution < -0.4 is 0 Å². The molecule has 2 aromatic heterocycles. The van der Waals surface area contributed by atoms with E-state index in [1.54, 1.807) is 15.6 Å². The Kier molecular flexibility index (Phi) is 2.45. The second kappa shape index (κ2) is 4.04. The van der Waals surface area contributed by atoms with Gasteiger partial charge in [0.15, 0.2) is 5.65 Å². The quantitative estimate of drug-likeness (QED) is 0.892. The molecule has 110 valence electrons. The summed E-state index contributed by atoms with van der Waals surface area (Å²) in [5.74, 6) is 0.292. The molecule has 0 radical (unpaired) electrons. The Morgan fingerprint density at radius 2 is 2.10 bits per heavy atom. The minimum absolute atomic E-state index is 0.0900. The smallest absolute Gasteiger partial charge is 0.259 e. The van der Waals surface area contributed by atoms with Crippen LogP contribution in [0.4, 0.5) is 0 Å². The number of hydrogen-bond donors (Lipinski definition) is 1. The van der Waals surface area contributed by atoms with Gasteiger partial charge in [0, 0.05) is 11.4 Å². The van der Waals surface area contributed by atoms with Crippen molar-refractivity contribution in [3.63, 3.8) is 0 Å². The molecule has 0 aromatic carbocycles. The molecule has 1 saturated heterocycles. The number of amides is 1. The second-order valence-corrected chi connectivity index (χ2v) is 6.37. The first kappa shape index (κ1) is 12.8. The first-order valence-corrected chi connectivity index (χ1v) is 7.31. The Hall–Kier alpha value is -1.95. The highest BCUT2D eigenvalue weighted by molar-refractivity contribution is 6.00. The molecule has 2 fully saturated rings. The zero-order valence-electron chi connectivity index (χ0n) is 12.2. The van der Waals surface area contributed by atoms with Crippen molar-refractivity contribution in [3.8, 4) is 0 Å². The summed E-state index contributed by atoms with van der Waals surface area (Å²) in [6.45, 7) is 4.71. The molecule has 1 amide bonds. The van der Waals surface area contributed by atoms with E-state index >= 15 is 0 Å². The van der Waals surface area contributed by atoms with Gasteiger partial charge in [0.25, 0.3) is 5.91 Å². The van der Waals surface area contributed by atoms with Crippen LogP contribution in [0.25, 0.3) is 5.65 Å². The Morgan fingerprint density at radius 3 is 2.76 bits per heavy atom. The fourth-order valence-corrected chi connectivity index (χ4v) is 3.23. The van der Waals surface area contributed by atoms with Crippen molar-refractivity contribution in [2.75, 3.05) is 13.1 Å². The van der Waals surface area contributed by atoms with Crippen molar-refractivity contribution in [1.29, 1.82) is 0 Å². The van der Waals surface area contributed by atoms with Gasteiger partial charge in [-0.25, -0.2) is 9.50 Å². The standard InChI is InChI=1S/C15H18N4O2/c1-9-5-10(2)19-13(17-9)12(6-16-19)14(20)18-7-15(21,8-18)11-3-4-11/h5-6,11,21H,3-4,7-8H2,1-2H3. The number of aromatic nitrogens is 3. The Morgan fingerprint density at radius 1 is 1.38 bits per heavy atom. The van der Waals surface area contributed by atoms with Crippen molar-refractivity contribution < 1.29 is 9.90 Å². The molecule has 4 rings (SSSR count). The molecule has 0 atom stereocenters. The molecule has 6 heteroatoms. The lowest BCUT2D eigenvalue weighted by atomic mass is 9.88. The summed E-state index contributed by atoms with van der Waals surface area (Å²) in [6.07, 6.45) is 3.73. The first-order valence-electron chi connectivity index (χ1n) is 7.31. The van der Waals surface area contributed by atoms with Gasteiger partial charge < -0.3 is 10.0 Å². The summed E-state index contributed by atoms with van der Waals surface area (Å²) in [5.41, 5.74) is 2.28. The molecule has 1 aliphatic heterocycles. The minimum Gasteiger partial charge on any atom is -0.386 e. The van der Waals surface area contributed by atoms with E-state index < -0.39 is 5.60 Å².